The van der Waals surface area contributed by atoms with E-state index < -0.39 is 0 Å². The zero-order chi connectivity index (χ0) is 23.7. The summed E-state index contributed by atoms with van der Waals surface area (Å²) in [6.45, 7) is 4.02. The highest BCUT2D eigenvalue weighted by molar-refractivity contribution is 8.19. The third-order valence-corrected chi connectivity index (χ3v) is 6.47. The molecule has 0 N–H and O–H groups in total. The average Bonchev–Trinajstić information content (AvgIpc) is 3.42. The Bertz CT molecular complexity index is 1400. The molecule has 2 heterocycles. The van der Waals surface area contributed by atoms with Crippen molar-refractivity contribution in [2.24, 2.45) is 4.99 Å². The average molecular weight is 469 g/mol. The van der Waals surface area contributed by atoms with E-state index in [4.69, 9.17) is 9.41 Å². The fourth-order valence-electron chi connectivity index (χ4n) is 3.76. The highest BCUT2D eigenvalue weighted by Gasteiger charge is 2.35. The fraction of sp³-hybridized carbons (Fsp3) is 0.0714. The molecule has 5 rings (SSSR count). The van der Waals surface area contributed by atoms with Gasteiger partial charge in [-0.25, -0.2) is 9.38 Å². The standard InChI is InChI=1S/C28H21FN2O2S/c1-18-7-6-8-19(2)26(18)30-28-31(22-9-4-3-5-10-22)27(32)25(34-28)17-23-15-16-24(33-23)20-11-13-21(29)14-12-20/h3-17H,1-2H3/b25-17+,30-28?. The van der Waals surface area contributed by atoms with E-state index in [0.717, 1.165) is 28.1 Å². The van der Waals surface area contributed by atoms with Gasteiger partial charge < -0.3 is 4.42 Å². The van der Waals surface area contributed by atoms with Gasteiger partial charge in [0, 0.05) is 11.6 Å². The van der Waals surface area contributed by atoms with Crippen LogP contribution in [-0.4, -0.2) is 11.1 Å². The molecule has 0 atom stereocenters. The number of halogens is 1. The Morgan fingerprint density at radius 3 is 2.29 bits per heavy atom. The smallest absolute Gasteiger partial charge is 0.271 e. The Labute approximate surface area is 201 Å². The van der Waals surface area contributed by atoms with Gasteiger partial charge in [-0.1, -0.05) is 36.4 Å². The van der Waals surface area contributed by atoms with Crippen LogP contribution in [0.15, 0.2) is 99.2 Å². The van der Waals surface area contributed by atoms with Gasteiger partial charge in [-0.3, -0.25) is 9.69 Å². The van der Waals surface area contributed by atoms with Crippen molar-refractivity contribution in [2.75, 3.05) is 4.90 Å². The Morgan fingerprint density at radius 2 is 1.59 bits per heavy atom. The Morgan fingerprint density at radius 1 is 0.882 bits per heavy atom. The van der Waals surface area contributed by atoms with Gasteiger partial charge in [-0.2, -0.15) is 0 Å². The molecule has 168 valence electrons. The number of nitrogens with zero attached hydrogens (tertiary/aromatic N) is 2. The number of furan rings is 1. The van der Waals surface area contributed by atoms with Crippen molar-refractivity contribution in [2.45, 2.75) is 13.8 Å². The number of benzene rings is 3. The van der Waals surface area contributed by atoms with Gasteiger partial charge in [0.25, 0.3) is 5.91 Å². The lowest BCUT2D eigenvalue weighted by Crippen LogP contribution is -2.28. The summed E-state index contributed by atoms with van der Waals surface area (Å²) in [7, 11) is 0. The lowest BCUT2D eigenvalue weighted by atomic mass is 10.1. The molecule has 3 aromatic carbocycles. The van der Waals surface area contributed by atoms with Crippen LogP contribution in [0.25, 0.3) is 17.4 Å². The lowest BCUT2D eigenvalue weighted by molar-refractivity contribution is -0.113. The summed E-state index contributed by atoms with van der Waals surface area (Å²) < 4.78 is 19.2. The Hall–Kier alpha value is -3.90. The second-order valence-corrected chi connectivity index (χ2v) is 8.94. The molecule has 6 heteroatoms. The third kappa shape index (κ3) is 4.32. The van der Waals surface area contributed by atoms with Crippen LogP contribution in [-0.2, 0) is 4.79 Å². The van der Waals surface area contributed by atoms with E-state index in [1.54, 1.807) is 29.2 Å². The number of para-hydroxylation sites is 2. The van der Waals surface area contributed by atoms with Gasteiger partial charge in [-0.15, -0.1) is 0 Å². The third-order valence-electron chi connectivity index (χ3n) is 5.50. The molecule has 0 radical (unpaired) electrons. The molecule has 0 saturated carbocycles. The first-order valence-electron chi connectivity index (χ1n) is 10.8. The van der Waals surface area contributed by atoms with Gasteiger partial charge in [-0.05, 0) is 85.3 Å². The van der Waals surface area contributed by atoms with E-state index in [1.807, 2.05) is 68.4 Å². The number of aliphatic imine (C=N–C) groups is 1. The molecule has 1 fully saturated rings. The van der Waals surface area contributed by atoms with Crippen molar-refractivity contribution in [3.05, 3.63) is 113 Å². The van der Waals surface area contributed by atoms with Crippen LogP contribution < -0.4 is 4.90 Å². The molecule has 0 bridgehead atoms. The lowest BCUT2D eigenvalue weighted by Gasteiger charge is -2.16. The minimum atomic E-state index is -0.303. The number of anilines is 1. The van der Waals surface area contributed by atoms with Crippen molar-refractivity contribution in [1.82, 2.24) is 0 Å². The summed E-state index contributed by atoms with van der Waals surface area (Å²) in [5.74, 6) is 0.673. The summed E-state index contributed by atoms with van der Waals surface area (Å²) in [6.07, 6.45) is 1.73. The van der Waals surface area contributed by atoms with Gasteiger partial charge >= 0.3 is 0 Å². The molecule has 0 aliphatic carbocycles. The Kier molecular flexibility index (Phi) is 5.90. The van der Waals surface area contributed by atoms with Crippen molar-refractivity contribution in [3.63, 3.8) is 0 Å². The molecular weight excluding hydrogens is 447 g/mol. The van der Waals surface area contributed by atoms with Crippen molar-refractivity contribution < 1.29 is 13.6 Å². The van der Waals surface area contributed by atoms with E-state index in [2.05, 4.69) is 0 Å². The maximum absolute atomic E-state index is 13.5. The highest BCUT2D eigenvalue weighted by atomic mass is 32.2. The molecular formula is C28H21FN2O2S. The maximum Gasteiger partial charge on any atom is 0.271 e. The quantitative estimate of drug-likeness (QED) is 0.291. The predicted octanol–water partition coefficient (Wildman–Crippen LogP) is 7.51. The number of carbonyl (C=O) groups is 1. The van der Waals surface area contributed by atoms with Crippen LogP contribution in [0.5, 0.6) is 0 Å². The predicted molar refractivity (Wildman–Crippen MR) is 137 cm³/mol. The van der Waals surface area contributed by atoms with Crippen LogP contribution in [0.4, 0.5) is 15.8 Å². The fourth-order valence-corrected chi connectivity index (χ4v) is 4.73. The van der Waals surface area contributed by atoms with E-state index in [0.29, 0.717) is 21.6 Å². The largest absolute Gasteiger partial charge is 0.457 e. The van der Waals surface area contributed by atoms with Crippen molar-refractivity contribution in [1.29, 1.82) is 0 Å². The highest BCUT2D eigenvalue weighted by Crippen LogP contribution is 2.38. The zero-order valence-corrected chi connectivity index (χ0v) is 19.5. The first-order valence-corrected chi connectivity index (χ1v) is 11.6. The number of amides is 1. The molecule has 1 aliphatic heterocycles. The number of hydrogen-bond donors (Lipinski definition) is 0. The number of carbonyl (C=O) groups excluding carboxylic acids is 1. The van der Waals surface area contributed by atoms with Gasteiger partial charge in [0.2, 0.25) is 0 Å². The monoisotopic (exact) mass is 468 g/mol. The molecule has 34 heavy (non-hydrogen) atoms. The summed E-state index contributed by atoms with van der Waals surface area (Å²) in [4.78, 5) is 20.5. The number of thioether (sulfide) groups is 1. The van der Waals surface area contributed by atoms with Gasteiger partial charge in [0.15, 0.2) is 5.17 Å². The van der Waals surface area contributed by atoms with Gasteiger partial charge in [0.1, 0.15) is 17.3 Å². The summed E-state index contributed by atoms with van der Waals surface area (Å²) in [5.41, 5.74) is 4.46. The van der Waals surface area contributed by atoms with Crippen molar-refractivity contribution >= 4 is 40.3 Å². The van der Waals surface area contributed by atoms with Crippen LogP contribution >= 0.6 is 11.8 Å². The number of aryl methyl sites for hydroxylation is 2. The second kappa shape index (κ2) is 9.15. The van der Waals surface area contributed by atoms with E-state index >= 15 is 0 Å². The molecule has 1 amide bonds. The second-order valence-electron chi connectivity index (χ2n) is 7.93. The topological polar surface area (TPSA) is 45.8 Å². The molecule has 1 aliphatic rings. The van der Waals surface area contributed by atoms with Crippen LogP contribution in [0.2, 0.25) is 0 Å². The van der Waals surface area contributed by atoms with Crippen LogP contribution in [0, 0.1) is 19.7 Å². The minimum absolute atomic E-state index is 0.166. The minimum Gasteiger partial charge on any atom is -0.457 e. The molecule has 1 saturated heterocycles. The van der Waals surface area contributed by atoms with E-state index in [-0.39, 0.29) is 11.7 Å². The summed E-state index contributed by atoms with van der Waals surface area (Å²) in [5, 5.41) is 0.588. The van der Waals surface area contributed by atoms with Gasteiger partial charge in [0.05, 0.1) is 16.3 Å². The van der Waals surface area contributed by atoms with Crippen LogP contribution in [0.3, 0.4) is 0 Å². The van der Waals surface area contributed by atoms with Crippen LogP contribution in [0.1, 0.15) is 16.9 Å². The molecule has 1 aromatic heterocycles. The first-order chi connectivity index (χ1) is 16.5. The maximum atomic E-state index is 13.5. The molecule has 4 nitrogen and oxygen atoms in total. The number of rotatable bonds is 4. The molecule has 4 aromatic rings. The van der Waals surface area contributed by atoms with E-state index in [9.17, 15) is 9.18 Å². The summed E-state index contributed by atoms with van der Waals surface area (Å²) in [6, 6.07) is 25.2. The zero-order valence-electron chi connectivity index (χ0n) is 18.7. The SMILES string of the molecule is Cc1cccc(C)c1N=C1S/C(=C/c2ccc(-c3ccc(F)cc3)o2)C(=O)N1c1ccccc1. The molecule has 0 unspecified atom stereocenters. The first kappa shape index (κ1) is 21.9. The molecule has 0 spiro atoms. The normalized spacial score (nSPS) is 16.1. The van der Waals surface area contributed by atoms with Crippen molar-refractivity contribution in [3.8, 4) is 11.3 Å². The number of amidine groups is 1. The Balaban J connectivity index is 1.53. The number of hydrogen-bond acceptors (Lipinski definition) is 4. The van der Waals surface area contributed by atoms with E-state index in [1.165, 1.54) is 23.9 Å². The summed E-state index contributed by atoms with van der Waals surface area (Å²) >= 11 is 1.31.